The van der Waals surface area contributed by atoms with Crippen molar-refractivity contribution in [2.24, 2.45) is 5.92 Å². The lowest BCUT2D eigenvalue weighted by Gasteiger charge is -2.37. The average Bonchev–Trinajstić information content (AvgIpc) is 2.73. The van der Waals surface area contributed by atoms with Crippen LogP contribution in [0.2, 0.25) is 0 Å². The van der Waals surface area contributed by atoms with Crippen molar-refractivity contribution >= 4 is 12.0 Å². The Morgan fingerprint density at radius 3 is 2.70 bits per heavy atom. The smallest absolute Gasteiger partial charge is 0.325 e. The van der Waals surface area contributed by atoms with Gasteiger partial charge >= 0.3 is 12.0 Å². The largest absolute Gasteiger partial charge is 0.465 e. The van der Waals surface area contributed by atoms with Gasteiger partial charge in [0.1, 0.15) is 6.54 Å². The summed E-state index contributed by atoms with van der Waals surface area (Å²) in [5, 5.41) is 5.54. The number of amides is 2. The van der Waals surface area contributed by atoms with Crippen molar-refractivity contribution in [3.63, 3.8) is 0 Å². The Labute approximate surface area is 197 Å². The van der Waals surface area contributed by atoms with Crippen molar-refractivity contribution in [1.29, 1.82) is 0 Å². The Balaban J connectivity index is 1.47. The zero-order valence-electron chi connectivity index (χ0n) is 20.3. The summed E-state index contributed by atoms with van der Waals surface area (Å²) in [4.78, 5) is 26.1. The first kappa shape index (κ1) is 23.6. The Morgan fingerprint density at radius 1 is 1.24 bits per heavy atom. The fourth-order valence-corrected chi connectivity index (χ4v) is 5.24. The van der Waals surface area contributed by atoms with Crippen molar-refractivity contribution in [2.45, 2.75) is 64.5 Å². The number of nitrogens with zero attached hydrogens (tertiary/aromatic N) is 1. The monoisotopic (exact) mass is 451 g/mol. The minimum absolute atomic E-state index is 0.111. The molecule has 6 nitrogen and oxygen atoms in total. The van der Waals surface area contributed by atoms with Gasteiger partial charge in [0.15, 0.2) is 0 Å². The van der Waals surface area contributed by atoms with E-state index in [0.717, 1.165) is 19.0 Å². The second kappa shape index (κ2) is 10.1. The van der Waals surface area contributed by atoms with Crippen molar-refractivity contribution in [3.05, 3.63) is 58.2 Å². The van der Waals surface area contributed by atoms with Crippen LogP contribution in [0.15, 0.2) is 35.9 Å². The quantitative estimate of drug-likeness (QED) is 0.638. The van der Waals surface area contributed by atoms with Crippen LogP contribution < -0.4 is 10.6 Å². The minimum Gasteiger partial charge on any atom is -0.465 e. The maximum atomic E-state index is 12.2. The van der Waals surface area contributed by atoms with E-state index in [0.29, 0.717) is 12.5 Å². The van der Waals surface area contributed by atoms with Gasteiger partial charge in [0.25, 0.3) is 0 Å². The lowest BCUT2D eigenvalue weighted by atomic mass is 9.74. The zero-order chi connectivity index (χ0) is 23.5. The lowest BCUT2D eigenvalue weighted by molar-refractivity contribution is -0.141. The molecular weight excluding hydrogens is 414 g/mol. The summed E-state index contributed by atoms with van der Waals surface area (Å²) < 4.78 is 4.86. The highest BCUT2D eigenvalue weighted by Gasteiger charge is 2.31. The van der Waals surface area contributed by atoms with E-state index in [1.165, 1.54) is 47.1 Å². The van der Waals surface area contributed by atoms with Crippen molar-refractivity contribution in [3.8, 4) is 0 Å². The molecule has 0 radical (unpaired) electrons. The zero-order valence-corrected chi connectivity index (χ0v) is 20.3. The minimum atomic E-state index is -0.432. The van der Waals surface area contributed by atoms with E-state index in [2.05, 4.69) is 66.8 Å². The van der Waals surface area contributed by atoms with E-state index in [9.17, 15) is 9.59 Å². The summed E-state index contributed by atoms with van der Waals surface area (Å²) in [6.07, 6.45) is 10.5. The van der Waals surface area contributed by atoms with E-state index in [1.807, 2.05) is 0 Å². The number of hydrogen-bond acceptors (Lipinski definition) is 4. The first-order chi connectivity index (χ1) is 15.9. The summed E-state index contributed by atoms with van der Waals surface area (Å²) >= 11 is 0. The highest BCUT2D eigenvalue weighted by molar-refractivity contribution is 5.81. The number of urea groups is 1. The molecule has 33 heavy (non-hydrogen) atoms. The predicted molar refractivity (Wildman–Crippen MR) is 130 cm³/mol. The number of carbonyl (C=O) groups excluding carboxylic acids is 2. The van der Waals surface area contributed by atoms with Crippen LogP contribution in [-0.2, 0) is 16.1 Å². The maximum Gasteiger partial charge on any atom is 0.325 e. The number of allylic oxidation sites excluding steroid dienone is 1. The molecule has 3 aliphatic rings. The second-order valence-electron chi connectivity index (χ2n) is 9.83. The number of ether oxygens (including phenoxy) is 1. The number of nitrogens with one attached hydrogen (secondary N) is 2. The molecule has 6 heteroatoms. The Hall–Kier alpha value is -2.60. The normalized spacial score (nSPS) is 25.0. The number of likely N-dealkylation sites (N-methyl/N-ethyl adjacent to an activating group) is 1. The van der Waals surface area contributed by atoms with Crippen LogP contribution in [0, 0.1) is 12.8 Å². The molecule has 2 amide bonds. The molecule has 3 unspecified atom stereocenters. The maximum absolute atomic E-state index is 12.2. The number of carbonyl (C=O) groups is 2. The molecular formula is C27H37N3O3. The van der Waals surface area contributed by atoms with Crippen LogP contribution in [0.3, 0.4) is 0 Å². The van der Waals surface area contributed by atoms with Gasteiger partial charge in [0, 0.05) is 19.0 Å². The van der Waals surface area contributed by atoms with Gasteiger partial charge < -0.3 is 20.3 Å². The lowest BCUT2D eigenvalue weighted by Crippen LogP contribution is -2.46. The van der Waals surface area contributed by atoms with Crippen molar-refractivity contribution < 1.29 is 14.3 Å². The Morgan fingerprint density at radius 2 is 2.03 bits per heavy atom. The van der Waals surface area contributed by atoms with Gasteiger partial charge in [-0.25, -0.2) is 4.79 Å². The molecule has 3 atom stereocenters. The molecule has 1 heterocycles. The average molecular weight is 452 g/mol. The third kappa shape index (κ3) is 5.32. The highest BCUT2D eigenvalue weighted by atomic mass is 16.5. The summed E-state index contributed by atoms with van der Waals surface area (Å²) in [6.45, 7) is 8.32. The molecule has 1 fully saturated rings. The van der Waals surface area contributed by atoms with Gasteiger partial charge in [-0.2, -0.15) is 0 Å². The number of aryl methyl sites for hydroxylation is 1. The molecule has 1 saturated carbocycles. The summed E-state index contributed by atoms with van der Waals surface area (Å²) in [7, 11) is 2.20. The van der Waals surface area contributed by atoms with Gasteiger partial charge in [-0.05, 0) is 73.4 Å². The van der Waals surface area contributed by atoms with Crippen molar-refractivity contribution in [1.82, 2.24) is 15.5 Å². The molecule has 0 saturated heterocycles. The Bertz CT molecular complexity index is 964. The van der Waals surface area contributed by atoms with E-state index >= 15 is 0 Å². The molecule has 1 aliphatic heterocycles. The number of fused-ring (bicyclic) bond motifs is 1. The molecule has 1 aromatic carbocycles. The van der Waals surface area contributed by atoms with Crippen LogP contribution in [0.4, 0.5) is 4.79 Å². The van der Waals surface area contributed by atoms with E-state index in [4.69, 9.17) is 4.74 Å². The first-order valence-electron chi connectivity index (χ1n) is 12.3. The topological polar surface area (TPSA) is 70.7 Å². The molecule has 0 aromatic heterocycles. The van der Waals surface area contributed by atoms with Gasteiger partial charge in [0.05, 0.1) is 12.6 Å². The Kier molecular flexibility index (Phi) is 7.23. The number of hydrogen-bond donors (Lipinski definition) is 2. The third-order valence-electron chi connectivity index (χ3n) is 7.32. The summed E-state index contributed by atoms with van der Waals surface area (Å²) in [5.74, 6) is 0.796. The van der Waals surface area contributed by atoms with Crippen LogP contribution in [-0.4, -0.2) is 49.7 Å². The first-order valence-corrected chi connectivity index (χ1v) is 12.3. The molecule has 4 rings (SSSR count). The van der Waals surface area contributed by atoms with Gasteiger partial charge in [-0.3, -0.25) is 4.79 Å². The van der Waals surface area contributed by atoms with E-state index in [-0.39, 0.29) is 24.5 Å². The highest BCUT2D eigenvalue weighted by Crippen LogP contribution is 2.42. The molecule has 2 aliphatic carbocycles. The molecule has 2 N–H and O–H groups in total. The number of esters is 1. The predicted octanol–water partition coefficient (Wildman–Crippen LogP) is 4.15. The molecule has 0 spiro atoms. The summed E-state index contributed by atoms with van der Waals surface area (Å²) in [5.41, 5.74) is 7.20. The number of benzene rings is 1. The van der Waals surface area contributed by atoms with Crippen LogP contribution in [0.1, 0.15) is 67.2 Å². The molecule has 0 bridgehead atoms. The standard InChI is InChI=1S/C27H37N3O3/c1-5-33-26(31)14-28-27(32)29-25-10-9-20(12-18(25)3)24-16-30(4)15-23-17(2)11-21(13-22(23)24)19-7-6-8-19/h9-13,18-19,24-25H,5-8,14-16H2,1-4H3,(H2,28,29,32). The fourth-order valence-electron chi connectivity index (χ4n) is 5.24. The molecule has 1 aromatic rings. The molecule has 178 valence electrons. The van der Waals surface area contributed by atoms with Crippen molar-refractivity contribution in [2.75, 3.05) is 26.7 Å². The van der Waals surface area contributed by atoms with E-state index < -0.39 is 5.97 Å². The van der Waals surface area contributed by atoms with Gasteiger partial charge in [0.2, 0.25) is 0 Å². The van der Waals surface area contributed by atoms with E-state index in [1.54, 1.807) is 6.92 Å². The third-order valence-corrected chi connectivity index (χ3v) is 7.32. The van der Waals surface area contributed by atoms with Crippen LogP contribution in [0.5, 0.6) is 0 Å². The van der Waals surface area contributed by atoms with Crippen LogP contribution >= 0.6 is 0 Å². The fraction of sp³-hybridized carbons (Fsp3) is 0.556. The SMILES string of the molecule is CCOC(=O)CNC(=O)NC1C=CC(C2CN(C)Cc3c(C)cc(C4CCC4)cc32)=CC1C. The second-order valence-corrected chi connectivity index (χ2v) is 9.83. The number of rotatable bonds is 6. The van der Waals surface area contributed by atoms with Gasteiger partial charge in [-0.1, -0.05) is 43.7 Å². The van der Waals surface area contributed by atoms with Crippen LogP contribution in [0.25, 0.3) is 0 Å². The summed E-state index contributed by atoms with van der Waals surface area (Å²) in [6, 6.07) is 4.43. The van der Waals surface area contributed by atoms with Gasteiger partial charge in [-0.15, -0.1) is 0 Å².